The van der Waals surface area contributed by atoms with Gasteiger partial charge in [-0.1, -0.05) is 12.1 Å². The van der Waals surface area contributed by atoms with Crippen molar-refractivity contribution in [2.75, 3.05) is 11.9 Å². The molecule has 2 aromatic heterocycles. The summed E-state index contributed by atoms with van der Waals surface area (Å²) < 4.78 is 8.41. The van der Waals surface area contributed by atoms with Crippen molar-refractivity contribution in [3.63, 3.8) is 0 Å². The molecule has 4 aromatic rings. The van der Waals surface area contributed by atoms with Gasteiger partial charge in [-0.15, -0.1) is 10.2 Å². The second kappa shape index (κ2) is 6.91. The normalized spacial score (nSPS) is 11.0. The number of carbonyl (C=O) groups is 1. The van der Waals surface area contributed by atoms with E-state index in [-0.39, 0.29) is 23.7 Å². The van der Waals surface area contributed by atoms with Crippen molar-refractivity contribution in [1.29, 1.82) is 0 Å². The molecule has 1 amide bonds. The van der Waals surface area contributed by atoms with E-state index < -0.39 is 0 Å². The Morgan fingerprint density at radius 3 is 2.59 bits per heavy atom. The van der Waals surface area contributed by atoms with Crippen molar-refractivity contribution in [2.45, 2.75) is 13.5 Å². The Morgan fingerprint density at radius 2 is 1.85 bits per heavy atom. The molecule has 4 rings (SSSR count). The monoisotopic (exact) mass is 363 g/mol. The second-order valence-electron chi connectivity index (χ2n) is 5.91. The van der Waals surface area contributed by atoms with Crippen LogP contribution in [0.1, 0.15) is 6.92 Å². The van der Waals surface area contributed by atoms with E-state index in [2.05, 4.69) is 15.5 Å². The van der Waals surface area contributed by atoms with Crippen LogP contribution in [0.15, 0.2) is 59.7 Å². The van der Waals surface area contributed by atoms with Gasteiger partial charge in [0.1, 0.15) is 18.6 Å². The summed E-state index contributed by atoms with van der Waals surface area (Å²) in [4.78, 5) is 25.3. The lowest BCUT2D eigenvalue weighted by atomic mass is 10.2. The Labute approximate surface area is 154 Å². The van der Waals surface area contributed by atoms with Crippen molar-refractivity contribution in [1.82, 2.24) is 19.2 Å². The number of ether oxygens (including phenoxy) is 1. The molecule has 0 bridgehead atoms. The van der Waals surface area contributed by atoms with E-state index in [9.17, 15) is 9.59 Å². The van der Waals surface area contributed by atoms with Gasteiger partial charge >= 0.3 is 0 Å². The average molecular weight is 363 g/mol. The van der Waals surface area contributed by atoms with Crippen LogP contribution in [0, 0.1) is 0 Å². The Hall–Kier alpha value is -3.68. The van der Waals surface area contributed by atoms with Crippen LogP contribution in [0.3, 0.4) is 0 Å². The van der Waals surface area contributed by atoms with Gasteiger partial charge < -0.3 is 10.1 Å². The van der Waals surface area contributed by atoms with Crippen LogP contribution in [0.4, 0.5) is 5.69 Å². The summed E-state index contributed by atoms with van der Waals surface area (Å²) >= 11 is 0. The van der Waals surface area contributed by atoms with Gasteiger partial charge in [-0.25, -0.2) is 0 Å². The highest BCUT2D eigenvalue weighted by molar-refractivity contribution is 5.91. The third-order valence-corrected chi connectivity index (χ3v) is 4.17. The van der Waals surface area contributed by atoms with Gasteiger partial charge in [0.15, 0.2) is 0 Å². The molecule has 1 N–H and O–H groups in total. The molecule has 136 valence electrons. The maximum atomic E-state index is 12.8. The van der Waals surface area contributed by atoms with Crippen LogP contribution >= 0.6 is 0 Å². The number of benzene rings is 2. The highest BCUT2D eigenvalue weighted by atomic mass is 16.5. The van der Waals surface area contributed by atoms with Crippen molar-refractivity contribution < 1.29 is 9.53 Å². The molecule has 27 heavy (non-hydrogen) atoms. The lowest BCUT2D eigenvalue weighted by Crippen LogP contribution is -2.29. The number of carbonyl (C=O) groups excluding carboxylic acids is 1. The molecule has 2 heterocycles. The average Bonchev–Trinajstić information content (AvgIpc) is 3.17. The van der Waals surface area contributed by atoms with Crippen molar-refractivity contribution >= 4 is 28.3 Å². The number of anilines is 1. The predicted octanol–water partition coefficient (Wildman–Crippen LogP) is 2.08. The second-order valence-corrected chi connectivity index (χ2v) is 5.91. The first kappa shape index (κ1) is 16.8. The first-order valence-corrected chi connectivity index (χ1v) is 8.51. The first-order chi connectivity index (χ1) is 13.2. The van der Waals surface area contributed by atoms with E-state index >= 15 is 0 Å². The standard InChI is InChI=1S/C19H17N5O3/c1-2-27-14-9-7-13(8-10-14)21-17(25)11-23-15-5-3-4-6-16(15)24-12-20-22-18(24)19(23)26/h3-10,12H,2,11H2,1H3,(H,21,25). The van der Waals surface area contributed by atoms with Crippen LogP contribution in [0.25, 0.3) is 16.7 Å². The molecule has 0 aliphatic heterocycles. The molecule has 0 unspecified atom stereocenters. The Balaban J connectivity index is 1.65. The fourth-order valence-corrected chi connectivity index (χ4v) is 2.99. The number of amides is 1. The molecule has 0 fully saturated rings. The molecule has 0 saturated carbocycles. The quantitative estimate of drug-likeness (QED) is 0.586. The summed E-state index contributed by atoms with van der Waals surface area (Å²) in [5.74, 6) is 0.422. The minimum atomic E-state index is -0.368. The van der Waals surface area contributed by atoms with Crippen LogP contribution in [-0.4, -0.2) is 31.7 Å². The third kappa shape index (κ3) is 3.12. The summed E-state index contributed by atoms with van der Waals surface area (Å²) in [6, 6.07) is 14.4. The van der Waals surface area contributed by atoms with Gasteiger partial charge in [-0.3, -0.25) is 18.6 Å². The van der Waals surface area contributed by atoms with Gasteiger partial charge in [-0.2, -0.15) is 0 Å². The third-order valence-electron chi connectivity index (χ3n) is 4.17. The van der Waals surface area contributed by atoms with Gasteiger partial charge in [0.05, 0.1) is 17.6 Å². The summed E-state index contributed by atoms with van der Waals surface area (Å²) in [5, 5.41) is 10.5. The number of aromatic nitrogens is 4. The Morgan fingerprint density at radius 1 is 1.11 bits per heavy atom. The lowest BCUT2D eigenvalue weighted by Gasteiger charge is -2.12. The van der Waals surface area contributed by atoms with E-state index in [0.717, 1.165) is 11.3 Å². The maximum Gasteiger partial charge on any atom is 0.297 e. The van der Waals surface area contributed by atoms with Gasteiger partial charge in [0.2, 0.25) is 11.6 Å². The maximum absolute atomic E-state index is 12.8. The largest absolute Gasteiger partial charge is 0.494 e. The van der Waals surface area contributed by atoms with Gasteiger partial charge in [-0.05, 0) is 43.3 Å². The number of nitrogens with zero attached hydrogens (tertiary/aromatic N) is 4. The zero-order valence-electron chi connectivity index (χ0n) is 14.6. The molecular weight excluding hydrogens is 346 g/mol. The van der Waals surface area contributed by atoms with E-state index in [1.54, 1.807) is 34.7 Å². The molecule has 0 spiro atoms. The fourth-order valence-electron chi connectivity index (χ4n) is 2.99. The highest BCUT2D eigenvalue weighted by Crippen LogP contribution is 2.16. The molecule has 0 aliphatic rings. The van der Waals surface area contributed by atoms with E-state index in [1.807, 2.05) is 25.1 Å². The fraction of sp³-hybridized carbons (Fsp3) is 0.158. The first-order valence-electron chi connectivity index (χ1n) is 8.51. The van der Waals surface area contributed by atoms with Crippen LogP contribution in [-0.2, 0) is 11.3 Å². The summed E-state index contributed by atoms with van der Waals surface area (Å²) in [7, 11) is 0. The molecule has 8 heteroatoms. The molecule has 0 saturated heterocycles. The molecule has 8 nitrogen and oxygen atoms in total. The number of nitrogens with one attached hydrogen (secondary N) is 1. The van der Waals surface area contributed by atoms with E-state index in [4.69, 9.17) is 4.74 Å². The number of rotatable bonds is 5. The number of hydrogen-bond acceptors (Lipinski definition) is 5. The van der Waals surface area contributed by atoms with Crippen molar-refractivity contribution in [2.24, 2.45) is 0 Å². The predicted molar refractivity (Wildman–Crippen MR) is 101 cm³/mol. The SMILES string of the molecule is CCOc1ccc(NC(=O)Cn2c(=O)c3nncn3c3ccccc32)cc1. The molecular formula is C19H17N5O3. The summed E-state index contributed by atoms with van der Waals surface area (Å²) in [6.07, 6.45) is 1.49. The van der Waals surface area contributed by atoms with Crippen LogP contribution < -0.4 is 15.6 Å². The number of hydrogen-bond donors (Lipinski definition) is 1. The molecule has 0 atom stereocenters. The molecule has 0 aliphatic carbocycles. The number of fused-ring (bicyclic) bond motifs is 3. The Kier molecular flexibility index (Phi) is 4.29. The molecule has 2 aromatic carbocycles. The topological polar surface area (TPSA) is 90.5 Å². The number of para-hydroxylation sites is 2. The van der Waals surface area contributed by atoms with Gasteiger partial charge in [0, 0.05) is 5.69 Å². The minimum Gasteiger partial charge on any atom is -0.494 e. The lowest BCUT2D eigenvalue weighted by molar-refractivity contribution is -0.116. The highest BCUT2D eigenvalue weighted by Gasteiger charge is 2.14. The summed E-state index contributed by atoms with van der Waals surface area (Å²) in [5.41, 5.74) is 1.84. The summed E-state index contributed by atoms with van der Waals surface area (Å²) in [6.45, 7) is 2.35. The zero-order valence-corrected chi connectivity index (χ0v) is 14.6. The molecule has 0 radical (unpaired) electrons. The van der Waals surface area contributed by atoms with E-state index in [1.165, 1.54) is 10.9 Å². The Bertz CT molecular complexity index is 1180. The van der Waals surface area contributed by atoms with Crippen molar-refractivity contribution in [3.05, 3.63) is 65.2 Å². The van der Waals surface area contributed by atoms with Crippen LogP contribution in [0.5, 0.6) is 5.75 Å². The van der Waals surface area contributed by atoms with Crippen LogP contribution in [0.2, 0.25) is 0 Å². The van der Waals surface area contributed by atoms with Crippen molar-refractivity contribution in [3.8, 4) is 5.75 Å². The zero-order chi connectivity index (χ0) is 18.8. The van der Waals surface area contributed by atoms with E-state index in [0.29, 0.717) is 17.8 Å². The minimum absolute atomic E-state index is 0.129. The smallest absolute Gasteiger partial charge is 0.297 e. The van der Waals surface area contributed by atoms with Gasteiger partial charge in [0.25, 0.3) is 5.56 Å².